The quantitative estimate of drug-likeness (QED) is 0.413. The molecule has 180 valence electrons. The van der Waals surface area contributed by atoms with Gasteiger partial charge in [0.05, 0.1) is 29.6 Å². The number of hydrogen-bond acceptors (Lipinski definition) is 7. The molecule has 0 unspecified atom stereocenters. The monoisotopic (exact) mass is 493 g/mol. The van der Waals surface area contributed by atoms with Crippen LogP contribution in [0.25, 0.3) is 16.6 Å². The predicted molar refractivity (Wildman–Crippen MR) is 129 cm³/mol. The van der Waals surface area contributed by atoms with Crippen molar-refractivity contribution in [3.63, 3.8) is 0 Å². The number of halogens is 1. The molecule has 0 N–H and O–H groups in total. The molecule has 1 atom stereocenters. The Morgan fingerprint density at radius 2 is 2.00 bits per heavy atom. The van der Waals surface area contributed by atoms with Crippen LogP contribution in [0, 0.1) is 17.1 Å². The zero-order valence-corrected chi connectivity index (χ0v) is 20.2. The van der Waals surface area contributed by atoms with Gasteiger partial charge in [-0.05, 0) is 38.0 Å². The lowest BCUT2D eigenvalue weighted by Crippen LogP contribution is -2.25. The Morgan fingerprint density at radius 3 is 2.69 bits per heavy atom. The summed E-state index contributed by atoms with van der Waals surface area (Å²) >= 11 is 0. The minimum absolute atomic E-state index is 0.186. The molecule has 0 bridgehead atoms. The second kappa shape index (κ2) is 9.11. The van der Waals surface area contributed by atoms with Gasteiger partial charge in [-0.15, -0.1) is 5.10 Å². The van der Waals surface area contributed by atoms with Crippen LogP contribution in [-0.2, 0) is 9.73 Å². The summed E-state index contributed by atoms with van der Waals surface area (Å²) < 4.78 is 39.2. The smallest absolute Gasteiger partial charge is 0.252 e. The molecular weight excluding hydrogens is 469 g/mol. The first-order chi connectivity index (χ1) is 16.9. The first kappa shape index (κ1) is 23.0. The van der Waals surface area contributed by atoms with E-state index in [1.165, 1.54) is 6.07 Å². The maximum absolute atomic E-state index is 13.2. The SMILES string of the molecule is CN=S1(=O)CCC(n2cc(-c3ccc4c(C#N)c(O[C@H](C)c5ccc(F)cn5)nn4c3)cn2)CC1. The van der Waals surface area contributed by atoms with Crippen molar-refractivity contribution in [2.75, 3.05) is 18.6 Å². The Bertz CT molecular complexity index is 1530. The van der Waals surface area contributed by atoms with E-state index >= 15 is 0 Å². The summed E-state index contributed by atoms with van der Waals surface area (Å²) in [6.45, 7) is 1.77. The topological polar surface area (TPSA) is 110 Å². The van der Waals surface area contributed by atoms with Crippen LogP contribution in [0.4, 0.5) is 4.39 Å². The summed E-state index contributed by atoms with van der Waals surface area (Å²) in [5.74, 6) is 0.940. The third-order valence-electron chi connectivity index (χ3n) is 6.35. The highest BCUT2D eigenvalue weighted by molar-refractivity contribution is 7.93. The van der Waals surface area contributed by atoms with E-state index in [0.29, 0.717) is 28.3 Å². The average Bonchev–Trinajstić information content (AvgIpc) is 3.49. The van der Waals surface area contributed by atoms with E-state index in [1.807, 2.05) is 29.2 Å². The van der Waals surface area contributed by atoms with Gasteiger partial charge < -0.3 is 4.74 Å². The number of fused-ring (bicyclic) bond motifs is 1. The first-order valence-electron chi connectivity index (χ1n) is 11.2. The van der Waals surface area contributed by atoms with Gasteiger partial charge in [0, 0.05) is 51.8 Å². The van der Waals surface area contributed by atoms with Crippen LogP contribution < -0.4 is 4.74 Å². The van der Waals surface area contributed by atoms with Crippen LogP contribution >= 0.6 is 0 Å². The van der Waals surface area contributed by atoms with Crippen LogP contribution in [0.15, 0.2) is 53.4 Å². The summed E-state index contributed by atoms with van der Waals surface area (Å²) in [6.07, 6.45) is 7.78. The molecule has 5 rings (SSSR count). The highest BCUT2D eigenvalue weighted by atomic mass is 32.2. The van der Waals surface area contributed by atoms with Crippen molar-refractivity contribution in [2.45, 2.75) is 31.9 Å². The molecule has 0 spiro atoms. The molecule has 4 aromatic rings. The number of nitrogens with zero attached hydrogens (tertiary/aromatic N) is 7. The molecular formula is C24H24FN7O2S. The molecule has 1 aliphatic rings. The normalized spacial score (nSPS) is 20.9. The van der Waals surface area contributed by atoms with Gasteiger partial charge in [0.25, 0.3) is 5.88 Å². The number of nitriles is 1. The van der Waals surface area contributed by atoms with Crippen LogP contribution in [0.2, 0.25) is 0 Å². The van der Waals surface area contributed by atoms with Gasteiger partial charge >= 0.3 is 0 Å². The maximum Gasteiger partial charge on any atom is 0.252 e. The maximum atomic E-state index is 13.2. The summed E-state index contributed by atoms with van der Waals surface area (Å²) in [5.41, 5.74) is 3.26. The Morgan fingerprint density at radius 1 is 1.20 bits per heavy atom. The first-order valence-corrected chi connectivity index (χ1v) is 13.1. The van der Waals surface area contributed by atoms with Crippen molar-refractivity contribution in [3.05, 3.63) is 66.1 Å². The molecule has 1 fully saturated rings. The van der Waals surface area contributed by atoms with Gasteiger partial charge in [0.1, 0.15) is 23.6 Å². The van der Waals surface area contributed by atoms with Crippen LogP contribution in [-0.4, -0.2) is 47.1 Å². The summed E-state index contributed by atoms with van der Waals surface area (Å²) in [4.78, 5) is 4.04. The average molecular weight is 494 g/mol. The predicted octanol–water partition coefficient (Wildman–Crippen LogP) is 4.18. The summed E-state index contributed by atoms with van der Waals surface area (Å²) in [7, 11) is -0.424. The molecule has 5 heterocycles. The van der Waals surface area contributed by atoms with Crippen molar-refractivity contribution < 1.29 is 13.3 Å². The van der Waals surface area contributed by atoms with Crippen molar-refractivity contribution in [2.24, 2.45) is 4.36 Å². The van der Waals surface area contributed by atoms with Gasteiger partial charge in [0.2, 0.25) is 0 Å². The van der Waals surface area contributed by atoms with E-state index in [4.69, 9.17) is 4.74 Å². The van der Waals surface area contributed by atoms with Gasteiger partial charge in [-0.2, -0.15) is 10.4 Å². The van der Waals surface area contributed by atoms with Gasteiger partial charge in [-0.3, -0.25) is 9.67 Å². The molecule has 1 aliphatic heterocycles. The molecule has 0 radical (unpaired) electrons. The second-order valence-electron chi connectivity index (χ2n) is 8.50. The molecule has 0 aromatic carbocycles. The number of pyridine rings is 2. The van der Waals surface area contributed by atoms with E-state index in [9.17, 15) is 13.9 Å². The molecule has 0 aliphatic carbocycles. The minimum atomic E-state index is -2.06. The molecule has 0 saturated carbocycles. The highest BCUT2D eigenvalue weighted by Crippen LogP contribution is 2.30. The van der Waals surface area contributed by atoms with Crippen molar-refractivity contribution in [3.8, 4) is 23.1 Å². The number of ether oxygens (including phenoxy) is 1. The van der Waals surface area contributed by atoms with Crippen LogP contribution in [0.5, 0.6) is 5.88 Å². The van der Waals surface area contributed by atoms with Gasteiger partial charge in [0.15, 0.2) is 0 Å². The lowest BCUT2D eigenvalue weighted by Gasteiger charge is -2.24. The van der Waals surface area contributed by atoms with Crippen LogP contribution in [0.1, 0.15) is 43.2 Å². The van der Waals surface area contributed by atoms with Gasteiger partial charge in [-0.1, -0.05) is 6.07 Å². The zero-order valence-electron chi connectivity index (χ0n) is 19.3. The highest BCUT2D eigenvalue weighted by Gasteiger charge is 2.24. The van der Waals surface area contributed by atoms with E-state index in [-0.39, 0.29) is 11.9 Å². The van der Waals surface area contributed by atoms with E-state index in [0.717, 1.165) is 30.2 Å². The van der Waals surface area contributed by atoms with Gasteiger partial charge in [-0.25, -0.2) is 17.5 Å². The largest absolute Gasteiger partial charge is 0.466 e. The van der Waals surface area contributed by atoms with Crippen molar-refractivity contribution in [1.82, 2.24) is 24.4 Å². The standard InChI is InChI=1S/C24H24FN7O2S/c1-16(22-5-4-19(25)13-28-22)34-24-21(11-26)23-6-3-17(14-32(23)30-24)18-12-29-31(15-18)20-7-9-35(33,27-2)10-8-20/h3-6,12-16,20H,7-10H2,1-2H3/t16-,20?,35?/m1/s1. The van der Waals surface area contributed by atoms with Crippen LogP contribution in [0.3, 0.4) is 0 Å². The molecule has 9 nitrogen and oxygen atoms in total. The Kier molecular flexibility index (Phi) is 5.98. The van der Waals surface area contributed by atoms with Crippen molar-refractivity contribution >= 4 is 15.2 Å². The molecule has 0 amide bonds. The summed E-state index contributed by atoms with van der Waals surface area (Å²) in [6, 6.07) is 8.95. The second-order valence-corrected chi connectivity index (χ2v) is 11.2. The lowest BCUT2D eigenvalue weighted by molar-refractivity contribution is 0.211. The third-order valence-corrected chi connectivity index (χ3v) is 8.76. The zero-order chi connectivity index (χ0) is 24.6. The fraction of sp³-hybridized carbons (Fsp3) is 0.333. The fourth-order valence-electron chi connectivity index (χ4n) is 4.26. The number of hydrogen-bond donors (Lipinski definition) is 0. The van der Waals surface area contributed by atoms with E-state index < -0.39 is 21.7 Å². The Balaban J connectivity index is 1.39. The van der Waals surface area contributed by atoms with E-state index in [1.54, 1.807) is 30.8 Å². The molecule has 35 heavy (non-hydrogen) atoms. The number of aromatic nitrogens is 5. The molecule has 11 heteroatoms. The Labute approximate surface area is 202 Å². The van der Waals surface area contributed by atoms with E-state index in [2.05, 4.69) is 25.6 Å². The van der Waals surface area contributed by atoms with Crippen molar-refractivity contribution in [1.29, 1.82) is 5.26 Å². The third kappa shape index (κ3) is 4.49. The lowest BCUT2D eigenvalue weighted by atomic mass is 10.1. The fourth-order valence-corrected chi connectivity index (χ4v) is 6.11. The summed E-state index contributed by atoms with van der Waals surface area (Å²) in [5, 5.41) is 18.7. The minimum Gasteiger partial charge on any atom is -0.466 e. The molecule has 1 saturated heterocycles. The number of rotatable bonds is 5. The molecule has 4 aromatic heterocycles. The Hall–Kier alpha value is -3.78.